The highest BCUT2D eigenvalue weighted by Gasteiger charge is 2.31. The Bertz CT molecular complexity index is 1220. The van der Waals surface area contributed by atoms with Crippen molar-refractivity contribution >= 4 is 28.9 Å². The zero-order valence-corrected chi connectivity index (χ0v) is 19.7. The molecule has 0 spiro atoms. The van der Waals surface area contributed by atoms with Crippen molar-refractivity contribution < 1.29 is 9.53 Å². The van der Waals surface area contributed by atoms with Gasteiger partial charge in [-0.25, -0.2) is 4.68 Å². The molecule has 2 aromatic carbocycles. The lowest BCUT2D eigenvalue weighted by Gasteiger charge is -2.35. The van der Waals surface area contributed by atoms with Gasteiger partial charge in [0.1, 0.15) is 0 Å². The Kier molecular flexibility index (Phi) is 5.91. The highest BCUT2D eigenvalue weighted by molar-refractivity contribution is 8.18. The third kappa shape index (κ3) is 4.65. The van der Waals surface area contributed by atoms with Crippen molar-refractivity contribution in [3.05, 3.63) is 76.8 Å². The Morgan fingerprint density at radius 1 is 1.03 bits per heavy atom. The average molecular weight is 459 g/mol. The Labute approximate surface area is 198 Å². The molecule has 1 amide bonds. The van der Waals surface area contributed by atoms with Gasteiger partial charge in [-0.05, 0) is 50.7 Å². The van der Waals surface area contributed by atoms with Crippen LogP contribution in [0.2, 0.25) is 0 Å². The van der Waals surface area contributed by atoms with Gasteiger partial charge in [-0.2, -0.15) is 10.1 Å². The molecule has 0 N–H and O–H groups in total. The molecule has 3 heterocycles. The third-order valence-corrected chi connectivity index (χ3v) is 6.72. The quantitative estimate of drug-likeness (QED) is 0.521. The van der Waals surface area contributed by atoms with Crippen LogP contribution in [0.5, 0.6) is 0 Å². The molecule has 3 aromatic rings. The summed E-state index contributed by atoms with van der Waals surface area (Å²) in [4.78, 5) is 19.9. The number of carbonyl (C=O) groups excluding carboxylic acids is 1. The summed E-state index contributed by atoms with van der Waals surface area (Å²) < 4.78 is 7.69. The number of amidine groups is 1. The molecule has 2 aliphatic rings. The minimum absolute atomic E-state index is 0.109. The van der Waals surface area contributed by atoms with E-state index in [0.717, 1.165) is 40.8 Å². The van der Waals surface area contributed by atoms with Gasteiger partial charge in [0, 0.05) is 30.4 Å². The maximum Gasteiger partial charge on any atom is 0.286 e. The molecule has 33 heavy (non-hydrogen) atoms. The van der Waals surface area contributed by atoms with Crippen molar-refractivity contribution in [1.82, 2.24) is 14.7 Å². The lowest BCUT2D eigenvalue weighted by atomic mass is 10.1. The zero-order chi connectivity index (χ0) is 22.9. The van der Waals surface area contributed by atoms with Crippen LogP contribution in [0.4, 0.5) is 0 Å². The van der Waals surface area contributed by atoms with Gasteiger partial charge in [0.25, 0.3) is 5.91 Å². The number of aliphatic imine (C=N–C) groups is 1. The van der Waals surface area contributed by atoms with E-state index >= 15 is 0 Å². The fourth-order valence-electron chi connectivity index (χ4n) is 4.15. The van der Waals surface area contributed by atoms with Crippen LogP contribution in [0.15, 0.2) is 70.7 Å². The van der Waals surface area contributed by atoms with E-state index in [1.54, 1.807) is 0 Å². The molecule has 168 valence electrons. The van der Waals surface area contributed by atoms with Gasteiger partial charge in [-0.1, -0.05) is 48.0 Å². The van der Waals surface area contributed by atoms with Crippen molar-refractivity contribution in [1.29, 1.82) is 0 Å². The summed E-state index contributed by atoms with van der Waals surface area (Å²) in [5.74, 6) is -0.205. The van der Waals surface area contributed by atoms with Gasteiger partial charge < -0.3 is 9.64 Å². The lowest BCUT2D eigenvalue weighted by molar-refractivity contribution is -0.113. The number of carbonyl (C=O) groups is 1. The number of para-hydroxylation sites is 1. The van der Waals surface area contributed by atoms with Crippen molar-refractivity contribution in [3.8, 4) is 16.9 Å². The normalized spacial score (nSPS) is 22.2. The summed E-state index contributed by atoms with van der Waals surface area (Å²) in [6, 6.07) is 18.3. The molecule has 0 radical (unpaired) electrons. The number of hydrogen-bond donors (Lipinski definition) is 0. The Balaban J connectivity index is 1.49. The first kappa shape index (κ1) is 21.7. The number of thioether (sulfide) groups is 1. The van der Waals surface area contributed by atoms with Crippen LogP contribution < -0.4 is 0 Å². The average Bonchev–Trinajstić information content (AvgIpc) is 3.38. The number of hydrogen-bond acceptors (Lipinski definition) is 5. The van der Waals surface area contributed by atoms with Gasteiger partial charge in [-0.15, -0.1) is 0 Å². The monoisotopic (exact) mass is 458 g/mol. The third-order valence-electron chi connectivity index (χ3n) is 5.67. The second kappa shape index (κ2) is 9.00. The number of rotatable bonds is 3. The summed E-state index contributed by atoms with van der Waals surface area (Å²) in [6.45, 7) is 7.63. The molecule has 1 saturated heterocycles. The predicted molar refractivity (Wildman–Crippen MR) is 133 cm³/mol. The maximum absolute atomic E-state index is 12.8. The van der Waals surface area contributed by atoms with E-state index in [0.29, 0.717) is 4.91 Å². The summed E-state index contributed by atoms with van der Waals surface area (Å²) in [6.07, 6.45) is 4.11. The number of benzene rings is 2. The molecule has 1 aromatic heterocycles. The summed E-state index contributed by atoms with van der Waals surface area (Å²) in [5, 5.41) is 5.61. The molecular formula is C26H26N4O2S. The fraction of sp³-hybridized carbons (Fsp3) is 0.269. The molecule has 0 bridgehead atoms. The predicted octanol–water partition coefficient (Wildman–Crippen LogP) is 4.93. The van der Waals surface area contributed by atoms with E-state index in [2.05, 4.69) is 41.1 Å². The van der Waals surface area contributed by atoms with Gasteiger partial charge in [0.2, 0.25) is 0 Å². The second-order valence-electron chi connectivity index (χ2n) is 8.55. The minimum Gasteiger partial charge on any atom is -0.372 e. The number of amides is 1. The second-order valence-corrected chi connectivity index (χ2v) is 9.56. The zero-order valence-electron chi connectivity index (χ0n) is 18.9. The lowest BCUT2D eigenvalue weighted by Crippen LogP contribution is -2.47. The Morgan fingerprint density at radius 2 is 1.73 bits per heavy atom. The van der Waals surface area contributed by atoms with E-state index < -0.39 is 0 Å². The smallest absolute Gasteiger partial charge is 0.286 e. The van der Waals surface area contributed by atoms with Crippen molar-refractivity contribution in [2.24, 2.45) is 4.99 Å². The van der Waals surface area contributed by atoms with E-state index in [1.165, 1.54) is 17.3 Å². The molecule has 0 aliphatic carbocycles. The summed E-state index contributed by atoms with van der Waals surface area (Å²) in [5.41, 5.74) is 4.89. The molecule has 2 unspecified atom stereocenters. The standard InChI is InChI=1S/C26H26N4O2S/c1-17-9-11-20(12-10-17)24-21(16-30(28-24)22-7-5-4-6-8-22)13-23-25(31)27-26(33-23)29-14-18(2)32-19(3)15-29/h4-13,16,18-19H,14-15H2,1-3H3. The van der Waals surface area contributed by atoms with Crippen molar-refractivity contribution in [3.63, 3.8) is 0 Å². The molecule has 1 fully saturated rings. The summed E-state index contributed by atoms with van der Waals surface area (Å²) in [7, 11) is 0. The van der Waals surface area contributed by atoms with Crippen LogP contribution in [0.25, 0.3) is 23.0 Å². The number of ether oxygens (including phenoxy) is 1. The van der Waals surface area contributed by atoms with Crippen LogP contribution in [0, 0.1) is 6.92 Å². The topological polar surface area (TPSA) is 59.7 Å². The van der Waals surface area contributed by atoms with Gasteiger partial charge in [0.05, 0.1) is 28.5 Å². The highest BCUT2D eigenvalue weighted by atomic mass is 32.2. The van der Waals surface area contributed by atoms with Crippen LogP contribution >= 0.6 is 11.8 Å². The number of aryl methyl sites for hydroxylation is 1. The SMILES string of the molecule is Cc1ccc(-c2nn(-c3ccccc3)cc2C=C2SC(N3CC(C)OC(C)C3)=NC2=O)cc1. The Hall–Kier alpha value is -3.16. The van der Waals surface area contributed by atoms with E-state index in [9.17, 15) is 4.79 Å². The van der Waals surface area contributed by atoms with E-state index in [-0.39, 0.29) is 18.1 Å². The van der Waals surface area contributed by atoms with Gasteiger partial charge in [-0.3, -0.25) is 4.79 Å². The largest absolute Gasteiger partial charge is 0.372 e. The van der Waals surface area contributed by atoms with E-state index in [4.69, 9.17) is 9.84 Å². The first-order chi connectivity index (χ1) is 16.0. The number of aromatic nitrogens is 2. The minimum atomic E-state index is -0.205. The van der Waals surface area contributed by atoms with Gasteiger partial charge >= 0.3 is 0 Å². The Morgan fingerprint density at radius 3 is 2.42 bits per heavy atom. The van der Waals surface area contributed by atoms with E-state index in [1.807, 2.05) is 61.1 Å². The fourth-order valence-corrected chi connectivity index (χ4v) is 5.07. The maximum atomic E-state index is 12.8. The first-order valence-electron chi connectivity index (χ1n) is 11.1. The molecule has 2 atom stereocenters. The molecule has 5 rings (SSSR count). The first-order valence-corrected chi connectivity index (χ1v) is 11.9. The van der Waals surface area contributed by atoms with Crippen LogP contribution in [0.3, 0.4) is 0 Å². The number of morpholine rings is 1. The summed E-state index contributed by atoms with van der Waals surface area (Å²) >= 11 is 1.43. The van der Waals surface area contributed by atoms with Crippen molar-refractivity contribution in [2.45, 2.75) is 33.0 Å². The van der Waals surface area contributed by atoms with Crippen LogP contribution in [0.1, 0.15) is 25.0 Å². The van der Waals surface area contributed by atoms with Crippen molar-refractivity contribution in [2.75, 3.05) is 13.1 Å². The number of nitrogens with zero attached hydrogens (tertiary/aromatic N) is 4. The molecule has 7 heteroatoms. The van der Waals surface area contributed by atoms with Gasteiger partial charge in [0.15, 0.2) is 5.17 Å². The molecule has 6 nitrogen and oxygen atoms in total. The van der Waals surface area contributed by atoms with Crippen LogP contribution in [-0.4, -0.2) is 51.1 Å². The van der Waals surface area contributed by atoms with Crippen LogP contribution in [-0.2, 0) is 9.53 Å². The molecular weight excluding hydrogens is 432 g/mol. The molecule has 0 saturated carbocycles. The highest BCUT2D eigenvalue weighted by Crippen LogP contribution is 2.34. The molecule has 2 aliphatic heterocycles.